The molecule has 4 N–H and O–H groups in total. The highest BCUT2D eigenvalue weighted by Crippen LogP contribution is 2.28. The van der Waals surface area contributed by atoms with E-state index in [0.29, 0.717) is 12.0 Å². The molecule has 1 saturated carbocycles. The normalized spacial score (nSPS) is 23.7. The molecule has 1 aromatic rings. The van der Waals surface area contributed by atoms with Crippen LogP contribution in [0.15, 0.2) is 6.20 Å². The Morgan fingerprint density at radius 3 is 3.00 bits per heavy atom. The van der Waals surface area contributed by atoms with E-state index in [1.54, 1.807) is 6.20 Å². The molecule has 2 atom stereocenters. The van der Waals surface area contributed by atoms with Crippen molar-refractivity contribution in [3.63, 3.8) is 0 Å². The molecule has 1 aromatic heterocycles. The van der Waals surface area contributed by atoms with Crippen molar-refractivity contribution in [2.75, 3.05) is 10.7 Å². The van der Waals surface area contributed by atoms with Crippen molar-refractivity contribution in [2.45, 2.75) is 52.0 Å². The fraction of sp³-hybridized carbons (Fsp3) is 0.692. The van der Waals surface area contributed by atoms with Gasteiger partial charge in [-0.25, -0.2) is 10.8 Å². The zero-order chi connectivity index (χ0) is 13.0. The van der Waals surface area contributed by atoms with Crippen molar-refractivity contribution in [1.82, 2.24) is 9.97 Å². The van der Waals surface area contributed by atoms with Crippen molar-refractivity contribution < 1.29 is 0 Å². The van der Waals surface area contributed by atoms with Crippen molar-refractivity contribution in [3.05, 3.63) is 11.8 Å². The number of nitrogens with two attached hydrogens (primary N) is 1. The van der Waals surface area contributed by atoms with Gasteiger partial charge in [0.1, 0.15) is 5.82 Å². The van der Waals surface area contributed by atoms with Crippen LogP contribution >= 0.6 is 0 Å². The highest BCUT2D eigenvalue weighted by molar-refractivity contribution is 5.46. The van der Waals surface area contributed by atoms with Crippen LogP contribution in [0.5, 0.6) is 0 Å². The lowest BCUT2D eigenvalue weighted by molar-refractivity contribution is 0.327. The number of aromatic nitrogens is 2. The summed E-state index contributed by atoms with van der Waals surface area (Å²) in [5.41, 5.74) is 3.55. The number of hydrogen-bond donors (Lipinski definition) is 3. The molecule has 0 radical (unpaired) electrons. The Labute approximate surface area is 109 Å². The summed E-state index contributed by atoms with van der Waals surface area (Å²) < 4.78 is 0. The molecule has 1 aliphatic carbocycles. The SMILES string of the molecule is CCC1CCCC(Nc2nc(NN)ncc2C)C1. The number of hydrazine groups is 1. The number of rotatable bonds is 4. The van der Waals surface area contributed by atoms with Gasteiger partial charge >= 0.3 is 0 Å². The summed E-state index contributed by atoms with van der Waals surface area (Å²) in [4.78, 5) is 8.47. The predicted octanol–water partition coefficient (Wildman–Crippen LogP) is 2.45. The highest BCUT2D eigenvalue weighted by Gasteiger charge is 2.21. The third-order valence-corrected chi connectivity index (χ3v) is 3.80. The zero-order valence-corrected chi connectivity index (χ0v) is 11.2. The summed E-state index contributed by atoms with van der Waals surface area (Å²) >= 11 is 0. The quantitative estimate of drug-likeness (QED) is 0.564. The van der Waals surface area contributed by atoms with Crippen LogP contribution in [0.2, 0.25) is 0 Å². The first-order valence-corrected chi connectivity index (χ1v) is 6.79. The van der Waals surface area contributed by atoms with Crippen LogP contribution in [0, 0.1) is 12.8 Å². The molecule has 18 heavy (non-hydrogen) atoms. The van der Waals surface area contributed by atoms with Crippen molar-refractivity contribution in [3.8, 4) is 0 Å². The molecule has 1 fully saturated rings. The fourth-order valence-corrected chi connectivity index (χ4v) is 2.64. The molecule has 100 valence electrons. The van der Waals surface area contributed by atoms with E-state index in [1.165, 1.54) is 32.1 Å². The van der Waals surface area contributed by atoms with Crippen LogP contribution < -0.4 is 16.6 Å². The van der Waals surface area contributed by atoms with Gasteiger partial charge in [-0.1, -0.05) is 26.2 Å². The first-order chi connectivity index (χ1) is 8.72. The maximum absolute atomic E-state index is 5.34. The smallest absolute Gasteiger partial charge is 0.239 e. The van der Waals surface area contributed by atoms with Gasteiger partial charge in [0, 0.05) is 17.8 Å². The topological polar surface area (TPSA) is 75.9 Å². The Bertz CT molecular complexity index is 393. The number of nitrogens with zero attached hydrogens (tertiary/aromatic N) is 2. The van der Waals surface area contributed by atoms with Gasteiger partial charge in [-0.05, 0) is 25.7 Å². The molecular weight excluding hydrogens is 226 g/mol. The molecule has 1 heterocycles. The number of hydrogen-bond acceptors (Lipinski definition) is 5. The Hall–Kier alpha value is -1.36. The van der Waals surface area contributed by atoms with Gasteiger partial charge in [-0.3, -0.25) is 5.43 Å². The minimum absolute atomic E-state index is 0.464. The summed E-state index contributed by atoms with van der Waals surface area (Å²) in [5, 5.41) is 3.54. The first kappa shape index (κ1) is 13.1. The number of aryl methyl sites for hydroxylation is 1. The molecule has 5 nitrogen and oxygen atoms in total. The fourth-order valence-electron chi connectivity index (χ4n) is 2.64. The molecule has 0 aromatic carbocycles. The van der Waals surface area contributed by atoms with Crippen LogP contribution in [0.3, 0.4) is 0 Å². The molecule has 0 spiro atoms. The maximum Gasteiger partial charge on any atom is 0.239 e. The van der Waals surface area contributed by atoms with E-state index in [-0.39, 0.29) is 0 Å². The second kappa shape index (κ2) is 6.00. The summed E-state index contributed by atoms with van der Waals surface area (Å²) in [5.74, 6) is 7.56. The average molecular weight is 249 g/mol. The molecule has 0 bridgehead atoms. The zero-order valence-electron chi connectivity index (χ0n) is 11.2. The largest absolute Gasteiger partial charge is 0.367 e. The lowest BCUT2D eigenvalue weighted by atomic mass is 9.84. The van der Waals surface area contributed by atoms with Gasteiger partial charge in [0.25, 0.3) is 0 Å². The first-order valence-electron chi connectivity index (χ1n) is 6.79. The standard InChI is InChI=1S/C13H23N5/c1-3-10-5-4-6-11(7-10)16-12-9(2)8-15-13(17-12)18-14/h8,10-11H,3-7,14H2,1-2H3,(H2,15,16,17,18). The maximum atomic E-state index is 5.34. The van der Waals surface area contributed by atoms with Gasteiger partial charge in [0.15, 0.2) is 0 Å². The van der Waals surface area contributed by atoms with Crippen molar-refractivity contribution >= 4 is 11.8 Å². The van der Waals surface area contributed by atoms with Gasteiger partial charge < -0.3 is 5.32 Å². The number of nitrogens with one attached hydrogen (secondary N) is 2. The monoisotopic (exact) mass is 249 g/mol. The van der Waals surface area contributed by atoms with Crippen molar-refractivity contribution in [1.29, 1.82) is 0 Å². The summed E-state index contributed by atoms with van der Waals surface area (Å²) in [7, 11) is 0. The van der Waals surface area contributed by atoms with Crippen molar-refractivity contribution in [2.24, 2.45) is 11.8 Å². The number of anilines is 2. The van der Waals surface area contributed by atoms with Crippen LogP contribution in [0.25, 0.3) is 0 Å². The van der Waals surface area contributed by atoms with Crippen LogP contribution in [0.4, 0.5) is 11.8 Å². The molecule has 1 aliphatic rings. The minimum Gasteiger partial charge on any atom is -0.367 e. The highest BCUT2D eigenvalue weighted by atomic mass is 15.3. The van der Waals surface area contributed by atoms with Gasteiger partial charge in [-0.2, -0.15) is 4.98 Å². The van der Waals surface area contributed by atoms with E-state index < -0.39 is 0 Å². The molecular formula is C13H23N5. The van der Waals surface area contributed by atoms with Crippen LogP contribution in [0.1, 0.15) is 44.6 Å². The molecule has 2 rings (SSSR count). The summed E-state index contributed by atoms with van der Waals surface area (Å²) in [6.45, 7) is 4.29. The van der Waals surface area contributed by atoms with E-state index in [0.717, 1.165) is 17.3 Å². The molecule has 0 aliphatic heterocycles. The molecule has 0 amide bonds. The Balaban J connectivity index is 2.04. The number of nitrogen functional groups attached to an aromatic ring is 1. The Morgan fingerprint density at radius 1 is 1.44 bits per heavy atom. The van der Waals surface area contributed by atoms with E-state index >= 15 is 0 Å². The van der Waals surface area contributed by atoms with E-state index in [4.69, 9.17) is 5.84 Å². The molecule has 0 saturated heterocycles. The predicted molar refractivity (Wildman–Crippen MR) is 74.2 cm³/mol. The lowest BCUT2D eigenvalue weighted by Crippen LogP contribution is -2.28. The van der Waals surface area contributed by atoms with Crippen LogP contribution in [-0.2, 0) is 0 Å². The second-order valence-electron chi connectivity index (χ2n) is 5.15. The van der Waals surface area contributed by atoms with Gasteiger partial charge in [0.05, 0.1) is 0 Å². The van der Waals surface area contributed by atoms with Crippen LogP contribution in [-0.4, -0.2) is 16.0 Å². The molecule has 5 heteroatoms. The lowest BCUT2D eigenvalue weighted by Gasteiger charge is -2.29. The third kappa shape index (κ3) is 3.10. The minimum atomic E-state index is 0.464. The summed E-state index contributed by atoms with van der Waals surface area (Å²) in [6.07, 6.45) is 8.22. The Morgan fingerprint density at radius 2 is 2.28 bits per heavy atom. The third-order valence-electron chi connectivity index (χ3n) is 3.80. The summed E-state index contributed by atoms with van der Waals surface area (Å²) in [6, 6.07) is 0.530. The van der Waals surface area contributed by atoms with E-state index in [9.17, 15) is 0 Å². The van der Waals surface area contributed by atoms with Gasteiger partial charge in [-0.15, -0.1) is 0 Å². The van der Waals surface area contributed by atoms with E-state index in [1.807, 2.05) is 6.92 Å². The molecule has 2 unspecified atom stereocenters. The Kier molecular flexibility index (Phi) is 4.36. The average Bonchev–Trinajstić information content (AvgIpc) is 2.41. The van der Waals surface area contributed by atoms with E-state index in [2.05, 4.69) is 27.6 Å². The second-order valence-corrected chi connectivity index (χ2v) is 5.15. The van der Waals surface area contributed by atoms with Gasteiger partial charge in [0.2, 0.25) is 5.95 Å².